The summed E-state index contributed by atoms with van der Waals surface area (Å²) in [5, 5.41) is 28.0. The molecule has 0 spiro atoms. The van der Waals surface area contributed by atoms with E-state index in [9.17, 15) is 21.6 Å². The van der Waals surface area contributed by atoms with Crippen molar-refractivity contribution in [3.63, 3.8) is 0 Å². The van der Waals surface area contributed by atoms with Crippen molar-refractivity contribution in [2.75, 3.05) is 30.3 Å². The summed E-state index contributed by atoms with van der Waals surface area (Å²) in [5.41, 5.74) is 2.70. The first kappa shape index (κ1) is 31.8. The number of nitrogens with two attached hydrogens (primary N) is 1. The minimum atomic E-state index is -3.88. The van der Waals surface area contributed by atoms with E-state index in [-0.39, 0.29) is 22.3 Å². The van der Waals surface area contributed by atoms with Crippen molar-refractivity contribution in [1.29, 1.82) is 10.7 Å². The second-order valence-corrected chi connectivity index (χ2v) is 13.5. The molecule has 14 heteroatoms. The summed E-state index contributed by atoms with van der Waals surface area (Å²) in [6.07, 6.45) is 2.19. The van der Waals surface area contributed by atoms with Crippen LogP contribution >= 0.6 is 0 Å². The van der Waals surface area contributed by atoms with Crippen LogP contribution in [0.2, 0.25) is 0 Å². The Morgan fingerprint density at radius 2 is 1.56 bits per heavy atom. The normalized spacial score (nSPS) is 14.5. The van der Waals surface area contributed by atoms with Gasteiger partial charge in [0.25, 0.3) is 0 Å². The topological polar surface area (TPSA) is 198 Å². The predicted octanol–water partition coefficient (Wildman–Crippen LogP) is 3.45. The molecule has 226 valence electrons. The summed E-state index contributed by atoms with van der Waals surface area (Å²) in [5.74, 6) is 0.113. The second kappa shape index (κ2) is 13.9. The Balaban J connectivity index is 1.29. The van der Waals surface area contributed by atoms with Crippen LogP contribution < -0.4 is 20.5 Å². The number of nitriles is 1. The molecule has 1 aliphatic heterocycles. The quantitative estimate of drug-likeness (QED) is 0.201. The maximum atomic E-state index is 12.7. The molecule has 1 aliphatic rings. The Bertz CT molecular complexity index is 1710. The first-order valence-electron chi connectivity index (χ1n) is 13.5. The number of hydrogen-bond donors (Lipinski definition) is 5. The molecule has 0 atom stereocenters. The highest BCUT2D eigenvalue weighted by molar-refractivity contribution is 7.89. The van der Waals surface area contributed by atoms with Crippen LogP contribution in [0.1, 0.15) is 30.4 Å². The van der Waals surface area contributed by atoms with Gasteiger partial charge in [0.05, 0.1) is 15.9 Å². The summed E-state index contributed by atoms with van der Waals surface area (Å²) in [6, 6.07) is 19.9. The Hall–Kier alpha value is -4.13. The minimum absolute atomic E-state index is 0.0123. The highest BCUT2D eigenvalue weighted by Gasteiger charge is 2.23. The van der Waals surface area contributed by atoms with Crippen molar-refractivity contribution in [1.82, 2.24) is 9.62 Å². The molecule has 0 radical (unpaired) electrons. The highest BCUT2D eigenvalue weighted by atomic mass is 32.2. The zero-order valence-corrected chi connectivity index (χ0v) is 24.9. The van der Waals surface area contributed by atoms with E-state index in [4.69, 9.17) is 15.8 Å². The van der Waals surface area contributed by atoms with Crippen molar-refractivity contribution in [3.05, 3.63) is 83.9 Å². The number of urea groups is 1. The lowest BCUT2D eigenvalue weighted by atomic mass is 9.88. The van der Waals surface area contributed by atoms with Crippen LogP contribution in [0.15, 0.2) is 82.6 Å². The van der Waals surface area contributed by atoms with E-state index in [1.165, 1.54) is 48.5 Å². The molecule has 6 N–H and O–H groups in total. The van der Waals surface area contributed by atoms with Crippen LogP contribution in [-0.4, -0.2) is 53.1 Å². The number of benzene rings is 3. The molecule has 4 rings (SSSR count). The lowest BCUT2D eigenvalue weighted by molar-refractivity contribution is 0.213. The number of primary sulfonamides is 1. The van der Waals surface area contributed by atoms with Crippen LogP contribution in [0.3, 0.4) is 0 Å². The first-order chi connectivity index (χ1) is 20.4. The molecule has 0 bridgehead atoms. The molecule has 12 nitrogen and oxygen atoms in total. The van der Waals surface area contributed by atoms with Gasteiger partial charge < -0.3 is 20.9 Å². The Morgan fingerprint density at radius 1 is 0.930 bits per heavy atom. The molecule has 1 heterocycles. The molecular weight excluding hydrogens is 590 g/mol. The number of nitrogens with one attached hydrogen (secondary N) is 4. The van der Waals surface area contributed by atoms with Crippen LogP contribution in [0.25, 0.3) is 0 Å². The molecule has 3 aromatic rings. The van der Waals surface area contributed by atoms with Gasteiger partial charge in [0, 0.05) is 42.5 Å². The fourth-order valence-corrected chi connectivity index (χ4v) is 6.26. The van der Waals surface area contributed by atoms with E-state index < -0.39 is 26.1 Å². The smallest absolute Gasteiger partial charge is 0.308 e. The number of carbonyl (C=O) groups excluding carboxylic acids is 1. The zero-order chi connectivity index (χ0) is 31.0. The predicted molar refractivity (Wildman–Crippen MR) is 164 cm³/mol. The SMILES string of the molecule is N#CCCN1CCC(C(=N)c2cccc(NC(=O)Nc3ccc(S(=O)(=O)NCc4ccc(S(N)(=O)=O)cc4)cc3)c2)CC1. The highest BCUT2D eigenvalue weighted by Crippen LogP contribution is 2.24. The van der Waals surface area contributed by atoms with E-state index in [2.05, 4.69) is 26.3 Å². The summed E-state index contributed by atoms with van der Waals surface area (Å²) >= 11 is 0. The minimum Gasteiger partial charge on any atom is -0.308 e. The third-order valence-corrected chi connectivity index (χ3v) is 9.45. The van der Waals surface area contributed by atoms with Gasteiger partial charge in [-0.25, -0.2) is 31.5 Å². The molecule has 0 unspecified atom stereocenters. The summed E-state index contributed by atoms with van der Waals surface area (Å²) in [4.78, 5) is 14.8. The number of likely N-dealkylation sites (tertiary alicyclic amines) is 1. The molecule has 0 aromatic heterocycles. The van der Waals surface area contributed by atoms with Gasteiger partial charge in [-0.15, -0.1) is 0 Å². The Morgan fingerprint density at radius 3 is 2.19 bits per heavy atom. The van der Waals surface area contributed by atoms with Crippen LogP contribution in [0.5, 0.6) is 0 Å². The van der Waals surface area contributed by atoms with Gasteiger partial charge in [-0.2, -0.15) is 5.26 Å². The largest absolute Gasteiger partial charge is 0.323 e. The van der Waals surface area contributed by atoms with Crippen molar-refractivity contribution < 1.29 is 21.6 Å². The van der Waals surface area contributed by atoms with E-state index in [1.54, 1.807) is 18.2 Å². The molecule has 3 aromatic carbocycles. The Kier molecular flexibility index (Phi) is 10.3. The van der Waals surface area contributed by atoms with Gasteiger partial charge in [-0.05, 0) is 85.6 Å². The number of hydrogen-bond acceptors (Lipinski definition) is 8. The zero-order valence-electron chi connectivity index (χ0n) is 23.3. The van der Waals surface area contributed by atoms with Crippen molar-refractivity contribution >= 4 is 43.2 Å². The maximum absolute atomic E-state index is 12.7. The van der Waals surface area contributed by atoms with E-state index >= 15 is 0 Å². The molecule has 43 heavy (non-hydrogen) atoms. The fraction of sp³-hybridized carbons (Fsp3) is 0.276. The summed E-state index contributed by atoms with van der Waals surface area (Å²) in [7, 11) is -7.72. The number of piperidine rings is 1. The van der Waals surface area contributed by atoms with E-state index in [0.717, 1.165) is 38.0 Å². The van der Waals surface area contributed by atoms with Crippen molar-refractivity contribution in [2.24, 2.45) is 11.1 Å². The summed E-state index contributed by atoms with van der Waals surface area (Å²) in [6.45, 7) is 2.39. The van der Waals surface area contributed by atoms with Crippen LogP contribution in [0, 0.1) is 22.7 Å². The Labute approximate surface area is 251 Å². The van der Waals surface area contributed by atoms with Crippen molar-refractivity contribution in [3.8, 4) is 6.07 Å². The van der Waals surface area contributed by atoms with Crippen molar-refractivity contribution in [2.45, 2.75) is 35.6 Å². The van der Waals surface area contributed by atoms with Gasteiger partial charge in [-0.3, -0.25) is 0 Å². The number of amides is 2. The lowest BCUT2D eigenvalue weighted by Crippen LogP contribution is -2.36. The van der Waals surface area contributed by atoms with E-state index in [1.807, 2.05) is 6.07 Å². The summed E-state index contributed by atoms with van der Waals surface area (Å²) < 4.78 is 50.6. The molecule has 2 amide bonds. The first-order valence-corrected chi connectivity index (χ1v) is 16.6. The molecular formula is C29H33N7O5S2. The van der Waals surface area contributed by atoms with Crippen LogP contribution in [-0.2, 0) is 26.6 Å². The van der Waals surface area contributed by atoms with E-state index in [0.29, 0.717) is 29.1 Å². The monoisotopic (exact) mass is 623 g/mol. The van der Waals surface area contributed by atoms with Gasteiger partial charge in [0.1, 0.15) is 0 Å². The number of nitrogens with zero attached hydrogens (tertiary/aromatic N) is 2. The number of sulfonamides is 2. The number of anilines is 2. The average Bonchev–Trinajstić information content (AvgIpc) is 2.99. The average molecular weight is 624 g/mol. The molecule has 0 saturated carbocycles. The van der Waals surface area contributed by atoms with Gasteiger partial charge in [-0.1, -0.05) is 24.3 Å². The maximum Gasteiger partial charge on any atom is 0.323 e. The van der Waals surface area contributed by atoms with Gasteiger partial charge in [0.15, 0.2) is 0 Å². The lowest BCUT2D eigenvalue weighted by Gasteiger charge is -2.31. The second-order valence-electron chi connectivity index (χ2n) is 10.1. The third kappa shape index (κ3) is 8.93. The standard InChI is InChI=1S/C29H33N7O5S2/c30-15-2-16-36-17-13-22(14-18-36)28(31)23-3-1-4-25(19-23)35-29(37)34-24-7-11-27(12-8-24)43(40,41)33-20-21-5-9-26(10-6-21)42(32,38)39/h1,3-12,19,22,31,33H,2,13-14,16-18,20H2,(H2,32,38,39)(H2,34,35,37). The molecule has 1 fully saturated rings. The van der Waals surface area contributed by atoms with Gasteiger partial charge >= 0.3 is 6.03 Å². The fourth-order valence-electron chi connectivity index (χ4n) is 4.72. The molecule has 1 saturated heterocycles. The van der Waals surface area contributed by atoms with Crippen LogP contribution in [0.4, 0.5) is 16.2 Å². The third-order valence-electron chi connectivity index (χ3n) is 7.11. The number of carbonyl (C=O) groups is 1. The molecule has 0 aliphatic carbocycles. The van der Waals surface area contributed by atoms with Gasteiger partial charge in [0.2, 0.25) is 20.0 Å². The number of rotatable bonds is 11.